The number of thioether (sulfide) groups is 1. The molecule has 1 aromatic rings. The van der Waals surface area contributed by atoms with Gasteiger partial charge in [-0.15, -0.1) is 11.8 Å². The number of hydrogen-bond donors (Lipinski definition) is 1. The van der Waals surface area contributed by atoms with Gasteiger partial charge >= 0.3 is 5.97 Å². The zero-order valence-electron chi connectivity index (χ0n) is 7.60. The van der Waals surface area contributed by atoms with Crippen LogP contribution in [0.15, 0.2) is 29.2 Å². The van der Waals surface area contributed by atoms with Crippen LogP contribution in [0.3, 0.4) is 0 Å². The molecule has 1 atom stereocenters. The Balaban J connectivity index is 2.03. The summed E-state index contributed by atoms with van der Waals surface area (Å²) in [6.45, 7) is 0.547. The normalized spacial score (nSPS) is 20.9. The summed E-state index contributed by atoms with van der Waals surface area (Å²) < 4.78 is 4.88. The lowest BCUT2D eigenvalue weighted by atomic mass is 10.3. The topological polar surface area (TPSA) is 52.3 Å². The smallest absolute Gasteiger partial charge is 0.319 e. The molecule has 1 heterocycles. The Bertz CT molecular complexity index is 336. The van der Waals surface area contributed by atoms with Crippen LogP contribution >= 0.6 is 11.8 Å². The second-order valence-corrected chi connectivity index (χ2v) is 4.41. The third kappa shape index (κ3) is 2.01. The maximum atomic E-state index is 11.2. The van der Waals surface area contributed by atoms with Crippen LogP contribution < -0.4 is 5.73 Å². The molecule has 4 heteroatoms. The van der Waals surface area contributed by atoms with E-state index in [-0.39, 0.29) is 11.2 Å². The van der Waals surface area contributed by atoms with Crippen molar-refractivity contribution in [2.75, 3.05) is 12.3 Å². The molecule has 1 saturated heterocycles. The highest BCUT2D eigenvalue weighted by atomic mass is 32.2. The van der Waals surface area contributed by atoms with Gasteiger partial charge in [0.2, 0.25) is 0 Å². The molecule has 0 radical (unpaired) electrons. The fourth-order valence-corrected chi connectivity index (χ4v) is 2.30. The molecule has 1 fully saturated rings. The van der Waals surface area contributed by atoms with Crippen molar-refractivity contribution < 1.29 is 9.53 Å². The summed E-state index contributed by atoms with van der Waals surface area (Å²) in [6, 6.07) is 7.52. The van der Waals surface area contributed by atoms with E-state index in [1.54, 1.807) is 0 Å². The van der Waals surface area contributed by atoms with Gasteiger partial charge in [0.05, 0.1) is 6.61 Å². The number of cyclic esters (lactones) is 1. The molecule has 1 aliphatic rings. The quantitative estimate of drug-likeness (QED) is 0.594. The molecule has 0 aromatic heterocycles. The molecule has 3 nitrogen and oxygen atoms in total. The van der Waals surface area contributed by atoms with Crippen LogP contribution in [0.5, 0.6) is 0 Å². The van der Waals surface area contributed by atoms with Crippen molar-refractivity contribution in [1.29, 1.82) is 0 Å². The van der Waals surface area contributed by atoms with Crippen LogP contribution in [-0.2, 0) is 9.53 Å². The van der Waals surface area contributed by atoms with Crippen LogP contribution in [0.25, 0.3) is 0 Å². The molecule has 0 saturated carbocycles. The van der Waals surface area contributed by atoms with Crippen molar-refractivity contribution in [1.82, 2.24) is 0 Å². The lowest BCUT2D eigenvalue weighted by Gasteiger charge is -2.04. The maximum Gasteiger partial charge on any atom is 0.319 e. The zero-order chi connectivity index (χ0) is 9.97. The Labute approximate surface area is 86.6 Å². The summed E-state index contributed by atoms with van der Waals surface area (Å²) >= 11 is 1.54. The molecule has 2 rings (SSSR count). The number of rotatable bonds is 2. The Morgan fingerprint density at radius 2 is 2.07 bits per heavy atom. The zero-order valence-corrected chi connectivity index (χ0v) is 8.42. The fourth-order valence-electron chi connectivity index (χ4n) is 1.30. The molecule has 0 amide bonds. The molecule has 2 N–H and O–H groups in total. The first-order valence-electron chi connectivity index (χ1n) is 4.44. The average molecular weight is 209 g/mol. The van der Waals surface area contributed by atoms with Crippen LogP contribution in [0.1, 0.15) is 6.42 Å². The lowest BCUT2D eigenvalue weighted by molar-refractivity contribution is -0.137. The Kier molecular flexibility index (Phi) is 2.63. The van der Waals surface area contributed by atoms with Gasteiger partial charge in [0.25, 0.3) is 0 Å². The van der Waals surface area contributed by atoms with E-state index >= 15 is 0 Å². The summed E-state index contributed by atoms with van der Waals surface area (Å²) in [7, 11) is 0. The molecule has 1 aliphatic heterocycles. The fraction of sp³-hybridized carbons (Fsp3) is 0.300. The van der Waals surface area contributed by atoms with Gasteiger partial charge in [0.1, 0.15) is 5.25 Å². The number of nitrogen functional groups attached to an aromatic ring is 1. The van der Waals surface area contributed by atoms with Gasteiger partial charge in [-0.2, -0.15) is 0 Å². The van der Waals surface area contributed by atoms with Gasteiger partial charge in [0.15, 0.2) is 0 Å². The predicted octanol–water partition coefficient (Wildman–Crippen LogP) is 1.68. The van der Waals surface area contributed by atoms with Crippen molar-refractivity contribution in [2.24, 2.45) is 0 Å². The monoisotopic (exact) mass is 209 g/mol. The number of carbonyl (C=O) groups excluding carboxylic acids is 1. The Hall–Kier alpha value is -1.16. The van der Waals surface area contributed by atoms with E-state index < -0.39 is 0 Å². The molecule has 0 aliphatic carbocycles. The minimum Gasteiger partial charge on any atom is -0.465 e. The van der Waals surface area contributed by atoms with Crippen molar-refractivity contribution in [3.63, 3.8) is 0 Å². The highest BCUT2D eigenvalue weighted by molar-refractivity contribution is 8.00. The minimum atomic E-state index is -0.105. The molecule has 1 unspecified atom stereocenters. The van der Waals surface area contributed by atoms with Gasteiger partial charge in [-0.25, -0.2) is 0 Å². The number of nitrogens with two attached hydrogens (primary N) is 1. The summed E-state index contributed by atoms with van der Waals surface area (Å²) in [5, 5.41) is -0.0429. The predicted molar refractivity (Wildman–Crippen MR) is 56.1 cm³/mol. The van der Waals surface area contributed by atoms with Gasteiger partial charge in [0, 0.05) is 17.0 Å². The number of carbonyl (C=O) groups is 1. The van der Waals surface area contributed by atoms with E-state index in [1.807, 2.05) is 24.3 Å². The van der Waals surface area contributed by atoms with Gasteiger partial charge < -0.3 is 10.5 Å². The SMILES string of the molecule is Nc1ccc(SC2CCOC2=O)cc1. The highest BCUT2D eigenvalue weighted by Crippen LogP contribution is 2.29. The Morgan fingerprint density at radius 3 is 2.64 bits per heavy atom. The van der Waals surface area contributed by atoms with Gasteiger partial charge in [-0.1, -0.05) is 0 Å². The number of benzene rings is 1. The van der Waals surface area contributed by atoms with E-state index in [0.29, 0.717) is 6.61 Å². The summed E-state index contributed by atoms with van der Waals surface area (Å²) in [5.74, 6) is -0.105. The second kappa shape index (κ2) is 3.92. The van der Waals surface area contributed by atoms with E-state index in [9.17, 15) is 4.79 Å². The van der Waals surface area contributed by atoms with Crippen LogP contribution in [0.4, 0.5) is 5.69 Å². The third-order valence-corrected chi connectivity index (χ3v) is 3.30. The first-order valence-corrected chi connectivity index (χ1v) is 5.32. The molecule has 0 spiro atoms. The van der Waals surface area contributed by atoms with Crippen molar-refractivity contribution >= 4 is 23.4 Å². The molecule has 0 bridgehead atoms. The van der Waals surface area contributed by atoms with Crippen LogP contribution in [0, 0.1) is 0 Å². The molecule has 14 heavy (non-hydrogen) atoms. The number of anilines is 1. The Morgan fingerprint density at radius 1 is 1.36 bits per heavy atom. The average Bonchev–Trinajstić information content (AvgIpc) is 2.56. The van der Waals surface area contributed by atoms with Crippen molar-refractivity contribution in [3.8, 4) is 0 Å². The van der Waals surface area contributed by atoms with Crippen LogP contribution in [0.2, 0.25) is 0 Å². The molecular formula is C10H11NO2S. The summed E-state index contributed by atoms with van der Waals surface area (Å²) in [6.07, 6.45) is 0.799. The van der Waals surface area contributed by atoms with Gasteiger partial charge in [-0.05, 0) is 24.3 Å². The van der Waals surface area contributed by atoms with Crippen molar-refractivity contribution in [2.45, 2.75) is 16.6 Å². The van der Waals surface area contributed by atoms with Crippen LogP contribution in [-0.4, -0.2) is 17.8 Å². The number of esters is 1. The van der Waals surface area contributed by atoms with E-state index in [0.717, 1.165) is 17.0 Å². The maximum absolute atomic E-state index is 11.2. The van der Waals surface area contributed by atoms with E-state index in [1.165, 1.54) is 11.8 Å². The van der Waals surface area contributed by atoms with Crippen molar-refractivity contribution in [3.05, 3.63) is 24.3 Å². The lowest BCUT2D eigenvalue weighted by Crippen LogP contribution is -2.08. The molecule has 1 aromatic carbocycles. The first kappa shape index (κ1) is 9.40. The largest absolute Gasteiger partial charge is 0.465 e. The molecular weight excluding hydrogens is 198 g/mol. The summed E-state index contributed by atoms with van der Waals surface area (Å²) in [4.78, 5) is 12.2. The summed E-state index contributed by atoms with van der Waals surface area (Å²) in [5.41, 5.74) is 6.30. The molecule has 74 valence electrons. The second-order valence-electron chi connectivity index (χ2n) is 3.13. The minimum absolute atomic E-state index is 0.0429. The number of ether oxygens (including phenoxy) is 1. The van der Waals surface area contributed by atoms with E-state index in [4.69, 9.17) is 10.5 Å². The standard InChI is InChI=1S/C10H11NO2S/c11-7-1-3-8(4-2-7)14-9-5-6-13-10(9)12/h1-4,9H,5-6,11H2. The van der Waals surface area contributed by atoms with Gasteiger partial charge in [-0.3, -0.25) is 4.79 Å². The first-order chi connectivity index (χ1) is 6.75. The third-order valence-electron chi connectivity index (χ3n) is 2.05. The van der Waals surface area contributed by atoms with E-state index in [2.05, 4.69) is 0 Å². The number of hydrogen-bond acceptors (Lipinski definition) is 4. The highest BCUT2D eigenvalue weighted by Gasteiger charge is 2.27.